The number of carbonyl (C=O) groups excluding carboxylic acids is 3. The molecule has 0 aromatic heterocycles. The van der Waals surface area contributed by atoms with E-state index in [1.165, 1.54) is 167 Å². The minimum Gasteiger partial charge on any atom is -0.462 e. The molecule has 1 atom stereocenters. The standard InChI is InChI=1S/C75H128O6/c1-4-7-10-13-16-19-22-25-28-31-34-36-37-39-41-44-47-50-53-56-59-62-65-68-74(77)80-71-72(70-79-73(76)67-64-61-58-55-52-49-46-43-40-33-30-27-24-21-18-15-12-9-6-3)81-75(78)69-66-63-60-57-54-51-48-45-42-38-35-32-29-26-23-20-17-14-11-8-5-2/h7,9-10,12,16,18-19,21,25,27-28,30,34,36,40,43,49,52,72H,4-6,8,11,13-15,17,20,22-24,26,29,31-33,35,37-39,41-42,44-48,50-51,53-71H2,1-3H3/b10-7-,12-9-,19-16-,21-18-,28-25-,30-27-,36-34-,43-40-,52-49-. The van der Waals surface area contributed by atoms with Gasteiger partial charge in [0.2, 0.25) is 0 Å². The summed E-state index contributed by atoms with van der Waals surface area (Å²) in [6.07, 6.45) is 93.9. The van der Waals surface area contributed by atoms with Gasteiger partial charge in [-0.2, -0.15) is 0 Å². The summed E-state index contributed by atoms with van der Waals surface area (Å²) in [5.74, 6) is -0.911. The van der Waals surface area contributed by atoms with Gasteiger partial charge in [-0.15, -0.1) is 0 Å². The van der Waals surface area contributed by atoms with E-state index >= 15 is 0 Å². The molecule has 0 aromatic rings. The van der Waals surface area contributed by atoms with Gasteiger partial charge in [0.25, 0.3) is 0 Å². The first-order valence-electron chi connectivity index (χ1n) is 34.4. The Morgan fingerprint density at radius 3 is 0.765 bits per heavy atom. The highest BCUT2D eigenvalue weighted by Gasteiger charge is 2.19. The number of hydrogen-bond acceptors (Lipinski definition) is 6. The van der Waals surface area contributed by atoms with E-state index in [0.29, 0.717) is 19.3 Å². The number of carbonyl (C=O) groups is 3. The molecule has 0 fully saturated rings. The molecule has 0 aliphatic rings. The van der Waals surface area contributed by atoms with Crippen LogP contribution in [0.1, 0.15) is 329 Å². The predicted molar refractivity (Wildman–Crippen MR) is 353 cm³/mol. The molecule has 0 aliphatic carbocycles. The average molecular weight is 1130 g/mol. The number of hydrogen-bond donors (Lipinski definition) is 0. The summed E-state index contributed by atoms with van der Waals surface area (Å²) in [4.78, 5) is 38.5. The van der Waals surface area contributed by atoms with Gasteiger partial charge in [-0.1, -0.05) is 316 Å². The van der Waals surface area contributed by atoms with Crippen LogP contribution in [0.25, 0.3) is 0 Å². The highest BCUT2D eigenvalue weighted by molar-refractivity contribution is 5.71. The Morgan fingerprint density at radius 2 is 0.481 bits per heavy atom. The molecule has 0 N–H and O–H groups in total. The molecule has 6 heteroatoms. The molecule has 1 unspecified atom stereocenters. The average Bonchev–Trinajstić information content (AvgIpc) is 3.47. The van der Waals surface area contributed by atoms with Crippen molar-refractivity contribution in [3.05, 3.63) is 109 Å². The molecule has 0 aromatic carbocycles. The molecular formula is C75H128O6. The van der Waals surface area contributed by atoms with Crippen molar-refractivity contribution in [1.82, 2.24) is 0 Å². The van der Waals surface area contributed by atoms with Crippen molar-refractivity contribution in [2.75, 3.05) is 13.2 Å². The van der Waals surface area contributed by atoms with E-state index in [4.69, 9.17) is 14.2 Å². The quantitative estimate of drug-likeness (QED) is 0.0261. The molecule has 0 rings (SSSR count). The number of esters is 3. The zero-order valence-corrected chi connectivity index (χ0v) is 53.3. The van der Waals surface area contributed by atoms with E-state index in [0.717, 1.165) is 122 Å². The van der Waals surface area contributed by atoms with Crippen molar-refractivity contribution < 1.29 is 28.6 Å². The highest BCUT2D eigenvalue weighted by atomic mass is 16.6. The smallest absolute Gasteiger partial charge is 0.306 e. The molecule has 0 bridgehead atoms. The summed E-state index contributed by atoms with van der Waals surface area (Å²) in [7, 11) is 0. The minimum absolute atomic E-state index is 0.0894. The van der Waals surface area contributed by atoms with Crippen LogP contribution >= 0.6 is 0 Å². The van der Waals surface area contributed by atoms with E-state index in [-0.39, 0.29) is 31.1 Å². The predicted octanol–water partition coefficient (Wildman–Crippen LogP) is 23.8. The maximum absolute atomic E-state index is 13.0. The van der Waals surface area contributed by atoms with Crippen molar-refractivity contribution >= 4 is 17.9 Å². The van der Waals surface area contributed by atoms with Crippen LogP contribution < -0.4 is 0 Å². The zero-order chi connectivity index (χ0) is 58.5. The van der Waals surface area contributed by atoms with Crippen LogP contribution in [0.4, 0.5) is 0 Å². The van der Waals surface area contributed by atoms with Gasteiger partial charge in [-0.05, 0) is 103 Å². The lowest BCUT2D eigenvalue weighted by atomic mass is 10.0. The fourth-order valence-electron chi connectivity index (χ4n) is 9.70. The summed E-state index contributed by atoms with van der Waals surface area (Å²) >= 11 is 0. The third-order valence-electron chi connectivity index (χ3n) is 14.8. The van der Waals surface area contributed by atoms with Crippen molar-refractivity contribution in [3.8, 4) is 0 Å². The van der Waals surface area contributed by atoms with E-state index in [1.807, 2.05) is 0 Å². The van der Waals surface area contributed by atoms with E-state index in [2.05, 4.69) is 130 Å². The van der Waals surface area contributed by atoms with Crippen LogP contribution in [-0.4, -0.2) is 37.2 Å². The third-order valence-corrected chi connectivity index (χ3v) is 14.8. The van der Waals surface area contributed by atoms with Crippen molar-refractivity contribution in [1.29, 1.82) is 0 Å². The summed E-state index contributed by atoms with van der Waals surface area (Å²) in [6.45, 7) is 6.43. The van der Waals surface area contributed by atoms with Crippen molar-refractivity contribution in [2.45, 2.75) is 335 Å². The van der Waals surface area contributed by atoms with Gasteiger partial charge in [0, 0.05) is 19.3 Å². The van der Waals surface area contributed by atoms with Gasteiger partial charge in [0.1, 0.15) is 13.2 Å². The monoisotopic (exact) mass is 1120 g/mol. The van der Waals surface area contributed by atoms with E-state index in [1.54, 1.807) is 0 Å². The molecule has 0 radical (unpaired) electrons. The summed E-state index contributed by atoms with van der Waals surface area (Å²) < 4.78 is 17.0. The fourth-order valence-corrected chi connectivity index (χ4v) is 9.70. The Hall–Kier alpha value is -3.93. The molecule has 0 saturated heterocycles. The Bertz CT molecular complexity index is 1620. The Balaban J connectivity index is 4.41. The maximum Gasteiger partial charge on any atom is 0.306 e. The van der Waals surface area contributed by atoms with Crippen LogP contribution in [0, 0.1) is 0 Å². The maximum atomic E-state index is 13.0. The topological polar surface area (TPSA) is 78.9 Å². The van der Waals surface area contributed by atoms with Gasteiger partial charge in [0.15, 0.2) is 6.10 Å². The second-order valence-electron chi connectivity index (χ2n) is 22.7. The zero-order valence-electron chi connectivity index (χ0n) is 53.3. The number of rotatable bonds is 62. The molecule has 0 aliphatic heterocycles. The van der Waals surface area contributed by atoms with Crippen LogP contribution in [0.2, 0.25) is 0 Å². The van der Waals surface area contributed by atoms with Crippen LogP contribution in [0.3, 0.4) is 0 Å². The van der Waals surface area contributed by atoms with Gasteiger partial charge >= 0.3 is 17.9 Å². The van der Waals surface area contributed by atoms with Crippen molar-refractivity contribution in [2.24, 2.45) is 0 Å². The first-order chi connectivity index (χ1) is 40.0. The first kappa shape index (κ1) is 77.1. The highest BCUT2D eigenvalue weighted by Crippen LogP contribution is 2.17. The van der Waals surface area contributed by atoms with Crippen LogP contribution in [0.5, 0.6) is 0 Å². The lowest BCUT2D eigenvalue weighted by Crippen LogP contribution is -2.30. The number of ether oxygens (including phenoxy) is 3. The summed E-state index contributed by atoms with van der Waals surface area (Å²) in [6, 6.07) is 0. The van der Waals surface area contributed by atoms with Crippen molar-refractivity contribution in [3.63, 3.8) is 0 Å². The number of unbranched alkanes of at least 4 members (excludes halogenated alkanes) is 33. The molecule has 0 spiro atoms. The van der Waals surface area contributed by atoms with Crippen LogP contribution in [-0.2, 0) is 28.6 Å². The van der Waals surface area contributed by atoms with E-state index < -0.39 is 6.10 Å². The second kappa shape index (κ2) is 68.6. The largest absolute Gasteiger partial charge is 0.462 e. The summed E-state index contributed by atoms with van der Waals surface area (Å²) in [5, 5.41) is 0. The fraction of sp³-hybridized carbons (Fsp3) is 0.720. The first-order valence-corrected chi connectivity index (χ1v) is 34.4. The van der Waals surface area contributed by atoms with Gasteiger partial charge in [-0.3, -0.25) is 14.4 Å². The Morgan fingerprint density at radius 1 is 0.259 bits per heavy atom. The SMILES string of the molecule is CC/C=C\C/C=C\C/C=C\C/C=C\C/C=C\CCCCCC(=O)OCC(COC(=O)CCCCCCCCCCCC/C=C\C/C=C\C/C=C\C/C=C\CC)OC(=O)CCCCCCCCCCCCCCCCCCCCCCC. The third kappa shape index (κ3) is 66.8. The number of allylic oxidation sites excluding steroid dienone is 18. The van der Waals surface area contributed by atoms with Gasteiger partial charge in [-0.25, -0.2) is 0 Å². The molecule has 0 saturated carbocycles. The Kier molecular flexibility index (Phi) is 65.2. The molecule has 0 heterocycles. The lowest BCUT2D eigenvalue weighted by molar-refractivity contribution is -0.167. The van der Waals surface area contributed by atoms with Crippen LogP contribution in [0.15, 0.2) is 109 Å². The van der Waals surface area contributed by atoms with Gasteiger partial charge in [0.05, 0.1) is 0 Å². The minimum atomic E-state index is -0.796. The molecular weight excluding hydrogens is 997 g/mol. The second-order valence-corrected chi connectivity index (χ2v) is 22.7. The molecule has 464 valence electrons. The summed E-state index contributed by atoms with van der Waals surface area (Å²) in [5.41, 5.74) is 0. The normalized spacial score (nSPS) is 12.8. The van der Waals surface area contributed by atoms with Gasteiger partial charge < -0.3 is 14.2 Å². The molecule has 0 amide bonds. The molecule has 81 heavy (non-hydrogen) atoms. The Labute approximate surface area is 501 Å². The lowest BCUT2D eigenvalue weighted by Gasteiger charge is -2.18. The van der Waals surface area contributed by atoms with E-state index in [9.17, 15) is 14.4 Å². The molecule has 6 nitrogen and oxygen atoms in total.